The van der Waals surface area contributed by atoms with Gasteiger partial charge in [-0.2, -0.15) is 0 Å². The number of anilines is 3. The summed E-state index contributed by atoms with van der Waals surface area (Å²) in [7, 11) is 0. The third kappa shape index (κ3) is 2.73. The average molecular weight is 307 g/mol. The van der Waals surface area contributed by atoms with Gasteiger partial charge in [-0.15, -0.1) is 0 Å². The van der Waals surface area contributed by atoms with Crippen LogP contribution in [0.1, 0.15) is 35.7 Å². The Morgan fingerprint density at radius 3 is 2.83 bits per heavy atom. The molecule has 2 aliphatic rings. The highest BCUT2D eigenvalue weighted by Gasteiger charge is 2.39. The lowest BCUT2D eigenvalue weighted by Crippen LogP contribution is -2.24. The van der Waals surface area contributed by atoms with Crippen molar-refractivity contribution in [1.29, 1.82) is 0 Å². The Labute approximate surface area is 133 Å². The van der Waals surface area contributed by atoms with Crippen LogP contribution >= 0.6 is 0 Å². The number of nitrogens with one attached hydrogen (secondary N) is 2. The van der Waals surface area contributed by atoms with Gasteiger partial charge >= 0.3 is 0 Å². The number of rotatable bonds is 4. The lowest BCUT2D eigenvalue weighted by atomic mass is 10.0. The van der Waals surface area contributed by atoms with Gasteiger partial charge < -0.3 is 10.6 Å². The summed E-state index contributed by atoms with van der Waals surface area (Å²) in [6, 6.07) is 1.81. The highest BCUT2D eigenvalue weighted by atomic mass is 16.1. The standard InChI is InChI=1S/C16H15N6O/c1-16(3-4-16)22-14-13-10(2-5-19-15(13)23)8-11(21-14)20-12-9-17-6-7-18-12/h2,5-9H,3-4H2,1H3,(H2,18,20,21,22). The number of pyridine rings is 1. The highest BCUT2D eigenvalue weighted by Crippen LogP contribution is 2.39. The molecule has 1 fully saturated rings. The zero-order valence-electron chi connectivity index (χ0n) is 12.6. The molecular formula is C16H15N6O. The van der Waals surface area contributed by atoms with E-state index in [2.05, 4.69) is 37.8 Å². The minimum Gasteiger partial charge on any atom is -0.364 e. The summed E-state index contributed by atoms with van der Waals surface area (Å²) in [5.41, 5.74) is 1.32. The maximum absolute atomic E-state index is 12.1. The molecule has 115 valence electrons. The van der Waals surface area contributed by atoms with Crippen molar-refractivity contribution >= 4 is 29.4 Å². The smallest absolute Gasteiger partial charge is 0.281 e. The van der Waals surface area contributed by atoms with Crippen LogP contribution in [0.25, 0.3) is 6.08 Å². The van der Waals surface area contributed by atoms with Crippen molar-refractivity contribution in [3.8, 4) is 0 Å². The first-order valence-corrected chi connectivity index (χ1v) is 7.41. The van der Waals surface area contributed by atoms with E-state index in [4.69, 9.17) is 0 Å². The van der Waals surface area contributed by atoms with E-state index in [1.54, 1.807) is 24.7 Å². The second kappa shape index (κ2) is 5.05. The fourth-order valence-electron chi connectivity index (χ4n) is 2.42. The summed E-state index contributed by atoms with van der Waals surface area (Å²) in [6.45, 7) is 2.12. The quantitative estimate of drug-likeness (QED) is 0.900. The number of carbonyl (C=O) groups excluding carboxylic acids is 1. The van der Waals surface area contributed by atoms with Gasteiger partial charge in [0.2, 0.25) is 0 Å². The SMILES string of the molecule is CC1(Nc2nc(Nc3cnccn3)cc3c2C(=O)[N]C=C3)CC1. The van der Waals surface area contributed by atoms with E-state index in [0.29, 0.717) is 23.0 Å². The van der Waals surface area contributed by atoms with Crippen molar-refractivity contribution in [2.24, 2.45) is 0 Å². The molecule has 0 atom stereocenters. The fraction of sp³-hybridized carbons (Fsp3) is 0.250. The number of carbonyl (C=O) groups is 1. The molecule has 0 unspecified atom stereocenters. The molecule has 2 N–H and O–H groups in total. The second-order valence-corrected chi connectivity index (χ2v) is 5.97. The monoisotopic (exact) mass is 307 g/mol. The van der Waals surface area contributed by atoms with Crippen LogP contribution in [-0.4, -0.2) is 26.4 Å². The van der Waals surface area contributed by atoms with Crippen LogP contribution in [0.5, 0.6) is 0 Å². The summed E-state index contributed by atoms with van der Waals surface area (Å²) in [5.74, 6) is 1.49. The van der Waals surface area contributed by atoms with Gasteiger partial charge in [0.15, 0.2) is 0 Å². The molecule has 3 heterocycles. The van der Waals surface area contributed by atoms with Crippen LogP contribution in [0, 0.1) is 0 Å². The van der Waals surface area contributed by atoms with Crippen molar-refractivity contribution in [1.82, 2.24) is 20.3 Å². The topological polar surface area (TPSA) is 93.9 Å². The third-order valence-corrected chi connectivity index (χ3v) is 3.95. The van der Waals surface area contributed by atoms with Crippen molar-refractivity contribution in [3.63, 3.8) is 0 Å². The summed E-state index contributed by atoms with van der Waals surface area (Å²) in [6.07, 6.45) is 10.3. The Balaban J connectivity index is 1.75. The number of hydrogen-bond donors (Lipinski definition) is 2. The molecule has 0 saturated heterocycles. The zero-order chi connectivity index (χ0) is 15.9. The molecule has 0 spiro atoms. The molecule has 1 radical (unpaired) electrons. The first kappa shape index (κ1) is 13.7. The molecular weight excluding hydrogens is 292 g/mol. The van der Waals surface area contributed by atoms with Gasteiger partial charge in [0, 0.05) is 24.1 Å². The molecule has 0 bridgehead atoms. The molecule has 1 aliphatic heterocycles. The minimum absolute atomic E-state index is 0.00733. The number of hydrogen-bond acceptors (Lipinski definition) is 6. The average Bonchev–Trinajstić information content (AvgIpc) is 3.25. The van der Waals surface area contributed by atoms with Gasteiger partial charge in [-0.25, -0.2) is 15.3 Å². The Morgan fingerprint density at radius 1 is 1.22 bits per heavy atom. The number of nitrogens with zero attached hydrogens (tertiary/aromatic N) is 4. The maximum Gasteiger partial charge on any atom is 0.281 e. The first-order valence-electron chi connectivity index (χ1n) is 7.41. The largest absolute Gasteiger partial charge is 0.364 e. The van der Waals surface area contributed by atoms with Gasteiger partial charge in [0.05, 0.1) is 11.8 Å². The zero-order valence-corrected chi connectivity index (χ0v) is 12.6. The van der Waals surface area contributed by atoms with Crippen LogP contribution in [0.2, 0.25) is 0 Å². The molecule has 1 aliphatic carbocycles. The Bertz CT molecular complexity index is 798. The third-order valence-electron chi connectivity index (χ3n) is 3.95. The molecule has 4 rings (SSSR count). The highest BCUT2D eigenvalue weighted by molar-refractivity contribution is 6.05. The normalized spacial score (nSPS) is 17.2. The molecule has 23 heavy (non-hydrogen) atoms. The molecule has 7 nitrogen and oxygen atoms in total. The molecule has 1 saturated carbocycles. The molecule has 1 amide bonds. The van der Waals surface area contributed by atoms with E-state index in [1.165, 1.54) is 6.20 Å². The maximum atomic E-state index is 12.1. The predicted molar refractivity (Wildman–Crippen MR) is 86.3 cm³/mol. The van der Waals surface area contributed by atoms with Crippen LogP contribution in [0.4, 0.5) is 17.5 Å². The molecule has 2 aromatic heterocycles. The van der Waals surface area contributed by atoms with Gasteiger partial charge in [0.25, 0.3) is 5.91 Å². The number of amides is 1. The van der Waals surface area contributed by atoms with Crippen molar-refractivity contribution in [3.05, 3.63) is 42.0 Å². The predicted octanol–water partition coefficient (Wildman–Crippen LogP) is 2.31. The van der Waals surface area contributed by atoms with E-state index in [-0.39, 0.29) is 11.4 Å². The number of aromatic nitrogens is 3. The van der Waals surface area contributed by atoms with E-state index < -0.39 is 0 Å². The van der Waals surface area contributed by atoms with Gasteiger partial charge in [0.1, 0.15) is 17.5 Å². The van der Waals surface area contributed by atoms with Gasteiger partial charge in [-0.1, -0.05) is 0 Å². The van der Waals surface area contributed by atoms with Gasteiger partial charge in [-0.3, -0.25) is 9.78 Å². The Kier molecular flexibility index (Phi) is 3.00. The van der Waals surface area contributed by atoms with Gasteiger partial charge in [-0.05, 0) is 37.5 Å². The van der Waals surface area contributed by atoms with Crippen molar-refractivity contribution in [2.45, 2.75) is 25.3 Å². The number of fused-ring (bicyclic) bond motifs is 1. The molecule has 7 heteroatoms. The second-order valence-electron chi connectivity index (χ2n) is 5.97. The molecule has 0 aromatic carbocycles. The van der Waals surface area contributed by atoms with Crippen molar-refractivity contribution < 1.29 is 4.79 Å². The lowest BCUT2D eigenvalue weighted by Gasteiger charge is -2.19. The van der Waals surface area contributed by atoms with Crippen molar-refractivity contribution in [2.75, 3.05) is 10.6 Å². The first-order chi connectivity index (χ1) is 11.1. The summed E-state index contributed by atoms with van der Waals surface area (Å²) in [4.78, 5) is 24.9. The van der Waals surface area contributed by atoms with E-state index in [0.717, 1.165) is 18.4 Å². The fourth-order valence-corrected chi connectivity index (χ4v) is 2.42. The summed E-state index contributed by atoms with van der Waals surface area (Å²) >= 11 is 0. The lowest BCUT2D eigenvalue weighted by molar-refractivity contribution is 0.0965. The van der Waals surface area contributed by atoms with Crippen LogP contribution in [0.15, 0.2) is 30.9 Å². The van der Waals surface area contributed by atoms with E-state index >= 15 is 0 Å². The Hall–Kier alpha value is -2.96. The molecule has 2 aromatic rings. The summed E-state index contributed by atoms with van der Waals surface area (Å²) in [5, 5.41) is 10.3. The van der Waals surface area contributed by atoms with E-state index in [1.807, 2.05) is 6.07 Å². The van der Waals surface area contributed by atoms with Crippen LogP contribution < -0.4 is 16.0 Å². The Morgan fingerprint density at radius 2 is 2.09 bits per heavy atom. The van der Waals surface area contributed by atoms with Crippen LogP contribution in [-0.2, 0) is 0 Å². The van der Waals surface area contributed by atoms with E-state index in [9.17, 15) is 4.79 Å². The van der Waals surface area contributed by atoms with Crippen LogP contribution in [0.3, 0.4) is 0 Å². The minimum atomic E-state index is -0.271. The summed E-state index contributed by atoms with van der Waals surface area (Å²) < 4.78 is 0.